The number of nitrogens with zero attached hydrogens (tertiary/aromatic N) is 1. The van der Waals surface area contributed by atoms with E-state index < -0.39 is 0 Å². The molecule has 1 unspecified atom stereocenters. The molecule has 2 heterocycles. The summed E-state index contributed by atoms with van der Waals surface area (Å²) in [5.74, 6) is 0. The zero-order valence-corrected chi connectivity index (χ0v) is 10.4. The Kier molecular flexibility index (Phi) is 4.71. The number of thiazole rings is 1. The van der Waals surface area contributed by atoms with Gasteiger partial charge >= 0.3 is 0 Å². The van der Waals surface area contributed by atoms with Crippen molar-refractivity contribution in [3.63, 3.8) is 0 Å². The summed E-state index contributed by atoms with van der Waals surface area (Å²) < 4.78 is 10.6. The van der Waals surface area contributed by atoms with E-state index in [0.717, 1.165) is 30.4 Å². The highest BCUT2D eigenvalue weighted by Gasteiger charge is 2.14. The normalized spacial score (nSPS) is 20.4. The van der Waals surface area contributed by atoms with Gasteiger partial charge in [-0.25, -0.2) is 4.98 Å². The van der Waals surface area contributed by atoms with Crippen LogP contribution < -0.4 is 5.32 Å². The van der Waals surface area contributed by atoms with Crippen LogP contribution in [0.4, 0.5) is 0 Å². The SMILES string of the molecule is COCc1nc(CNCC2CCCO2)cs1. The van der Waals surface area contributed by atoms with Gasteiger partial charge in [0.2, 0.25) is 0 Å². The molecule has 0 spiro atoms. The fourth-order valence-electron chi connectivity index (χ4n) is 1.79. The summed E-state index contributed by atoms with van der Waals surface area (Å²) in [7, 11) is 1.69. The first kappa shape index (κ1) is 12.0. The van der Waals surface area contributed by atoms with E-state index in [1.807, 2.05) is 0 Å². The number of methoxy groups -OCH3 is 1. The monoisotopic (exact) mass is 242 g/mol. The van der Waals surface area contributed by atoms with Gasteiger partial charge in [-0.2, -0.15) is 0 Å². The molecule has 1 aromatic heterocycles. The predicted molar refractivity (Wildman–Crippen MR) is 63.5 cm³/mol. The highest BCUT2D eigenvalue weighted by atomic mass is 32.1. The lowest BCUT2D eigenvalue weighted by atomic mass is 10.2. The van der Waals surface area contributed by atoms with Gasteiger partial charge in [-0.1, -0.05) is 0 Å². The minimum absolute atomic E-state index is 0.400. The molecule has 1 N–H and O–H groups in total. The Morgan fingerprint density at radius 3 is 3.38 bits per heavy atom. The number of nitrogens with one attached hydrogen (secondary N) is 1. The van der Waals surface area contributed by atoms with Gasteiger partial charge in [0.25, 0.3) is 0 Å². The molecule has 0 bridgehead atoms. The topological polar surface area (TPSA) is 43.4 Å². The van der Waals surface area contributed by atoms with Gasteiger partial charge < -0.3 is 14.8 Å². The molecule has 0 aromatic carbocycles. The number of aromatic nitrogens is 1. The maximum absolute atomic E-state index is 5.53. The molecule has 1 fully saturated rings. The van der Waals surface area contributed by atoms with Crippen LogP contribution in [0.5, 0.6) is 0 Å². The standard InChI is InChI=1S/C11H18N2O2S/c1-14-7-11-13-9(8-16-11)5-12-6-10-3-2-4-15-10/h8,10,12H,2-7H2,1H3. The number of hydrogen-bond donors (Lipinski definition) is 1. The van der Waals surface area contributed by atoms with Crippen LogP contribution >= 0.6 is 11.3 Å². The summed E-state index contributed by atoms with van der Waals surface area (Å²) >= 11 is 1.65. The molecule has 1 aliphatic heterocycles. The summed E-state index contributed by atoms with van der Waals surface area (Å²) in [6.45, 7) is 3.27. The largest absolute Gasteiger partial charge is 0.378 e. The summed E-state index contributed by atoms with van der Waals surface area (Å²) in [5, 5.41) is 6.50. The van der Waals surface area contributed by atoms with Crippen LogP contribution in [0, 0.1) is 0 Å². The molecule has 0 radical (unpaired) electrons. The van der Waals surface area contributed by atoms with Gasteiger partial charge in [-0.3, -0.25) is 0 Å². The first-order valence-corrected chi connectivity index (χ1v) is 6.51. The molecule has 1 saturated heterocycles. The van der Waals surface area contributed by atoms with Crippen LogP contribution in [0.2, 0.25) is 0 Å². The van der Waals surface area contributed by atoms with Crippen LogP contribution in [0.15, 0.2) is 5.38 Å². The van der Waals surface area contributed by atoms with E-state index in [9.17, 15) is 0 Å². The number of ether oxygens (including phenoxy) is 2. The predicted octanol–water partition coefficient (Wildman–Crippen LogP) is 1.56. The maximum Gasteiger partial charge on any atom is 0.119 e. The number of rotatable bonds is 6. The fourth-order valence-corrected chi connectivity index (χ4v) is 2.55. The van der Waals surface area contributed by atoms with Gasteiger partial charge in [0.15, 0.2) is 0 Å². The number of hydrogen-bond acceptors (Lipinski definition) is 5. The molecular weight excluding hydrogens is 224 g/mol. The van der Waals surface area contributed by atoms with Crippen molar-refractivity contribution < 1.29 is 9.47 Å². The fraction of sp³-hybridized carbons (Fsp3) is 0.727. The molecule has 0 amide bonds. The molecule has 90 valence electrons. The zero-order chi connectivity index (χ0) is 11.2. The van der Waals surface area contributed by atoms with Crippen LogP contribution in [0.3, 0.4) is 0 Å². The van der Waals surface area contributed by atoms with Gasteiger partial charge in [-0.15, -0.1) is 11.3 Å². The Morgan fingerprint density at radius 2 is 2.62 bits per heavy atom. The van der Waals surface area contributed by atoms with Crippen molar-refractivity contribution in [1.82, 2.24) is 10.3 Å². The second-order valence-corrected chi connectivity index (χ2v) is 4.87. The molecule has 0 aliphatic carbocycles. The zero-order valence-electron chi connectivity index (χ0n) is 9.57. The lowest BCUT2D eigenvalue weighted by molar-refractivity contribution is 0.110. The van der Waals surface area contributed by atoms with Crippen molar-refractivity contribution in [2.75, 3.05) is 20.3 Å². The molecule has 5 heteroatoms. The molecule has 1 aromatic rings. The average Bonchev–Trinajstić information content (AvgIpc) is 2.90. The Hall–Kier alpha value is -0.490. The van der Waals surface area contributed by atoms with Crippen LogP contribution in [-0.4, -0.2) is 31.3 Å². The summed E-state index contributed by atoms with van der Waals surface area (Å²) in [6, 6.07) is 0. The quantitative estimate of drug-likeness (QED) is 0.822. The van der Waals surface area contributed by atoms with E-state index in [2.05, 4.69) is 15.7 Å². The van der Waals surface area contributed by atoms with Crippen molar-refractivity contribution in [3.8, 4) is 0 Å². The van der Waals surface area contributed by atoms with Gasteiger partial charge in [0.1, 0.15) is 5.01 Å². The third-order valence-electron chi connectivity index (χ3n) is 2.57. The van der Waals surface area contributed by atoms with Gasteiger partial charge in [0, 0.05) is 32.2 Å². The minimum Gasteiger partial charge on any atom is -0.378 e. The molecule has 0 saturated carbocycles. The van der Waals surface area contributed by atoms with E-state index in [1.54, 1.807) is 18.4 Å². The minimum atomic E-state index is 0.400. The smallest absolute Gasteiger partial charge is 0.119 e. The molecule has 2 rings (SSSR count). The van der Waals surface area contributed by atoms with Crippen molar-refractivity contribution in [2.45, 2.75) is 32.1 Å². The Labute approximate surface area is 100.0 Å². The second-order valence-electron chi connectivity index (χ2n) is 3.93. The Balaban J connectivity index is 1.67. The van der Waals surface area contributed by atoms with Crippen LogP contribution in [0.25, 0.3) is 0 Å². The molecule has 1 atom stereocenters. The molecule has 16 heavy (non-hydrogen) atoms. The molecule has 4 nitrogen and oxygen atoms in total. The lowest BCUT2D eigenvalue weighted by Gasteiger charge is -2.09. The van der Waals surface area contributed by atoms with E-state index in [4.69, 9.17) is 9.47 Å². The van der Waals surface area contributed by atoms with Crippen LogP contribution in [0.1, 0.15) is 23.5 Å². The maximum atomic E-state index is 5.53. The molecular formula is C11H18N2O2S. The van der Waals surface area contributed by atoms with E-state index in [1.165, 1.54) is 12.8 Å². The van der Waals surface area contributed by atoms with E-state index in [0.29, 0.717) is 12.7 Å². The first-order valence-electron chi connectivity index (χ1n) is 5.63. The van der Waals surface area contributed by atoms with Crippen molar-refractivity contribution in [2.24, 2.45) is 0 Å². The summed E-state index contributed by atoms with van der Waals surface area (Å²) in [4.78, 5) is 4.45. The molecule has 1 aliphatic rings. The first-order chi connectivity index (χ1) is 7.88. The van der Waals surface area contributed by atoms with Gasteiger partial charge in [0.05, 0.1) is 18.4 Å². The summed E-state index contributed by atoms with van der Waals surface area (Å²) in [5.41, 5.74) is 1.09. The highest BCUT2D eigenvalue weighted by Crippen LogP contribution is 2.12. The van der Waals surface area contributed by atoms with Crippen molar-refractivity contribution in [1.29, 1.82) is 0 Å². The third kappa shape index (κ3) is 3.52. The Bertz CT molecular complexity index is 311. The van der Waals surface area contributed by atoms with Crippen LogP contribution in [-0.2, 0) is 22.6 Å². The third-order valence-corrected chi connectivity index (χ3v) is 3.44. The van der Waals surface area contributed by atoms with E-state index in [-0.39, 0.29) is 0 Å². The summed E-state index contributed by atoms with van der Waals surface area (Å²) in [6.07, 6.45) is 2.78. The average molecular weight is 242 g/mol. The van der Waals surface area contributed by atoms with Crippen molar-refractivity contribution in [3.05, 3.63) is 16.1 Å². The Morgan fingerprint density at radius 1 is 1.69 bits per heavy atom. The van der Waals surface area contributed by atoms with Crippen molar-refractivity contribution >= 4 is 11.3 Å². The lowest BCUT2D eigenvalue weighted by Crippen LogP contribution is -2.25. The second kappa shape index (κ2) is 6.30. The highest BCUT2D eigenvalue weighted by molar-refractivity contribution is 7.09. The van der Waals surface area contributed by atoms with Gasteiger partial charge in [-0.05, 0) is 12.8 Å². The van der Waals surface area contributed by atoms with E-state index >= 15 is 0 Å².